The van der Waals surface area contributed by atoms with Crippen LogP contribution in [0.15, 0.2) is 34.9 Å². The first-order valence-electron chi connectivity index (χ1n) is 5.18. The highest BCUT2D eigenvalue weighted by Gasteiger charge is 2.10. The molecule has 0 bridgehead atoms. The van der Waals surface area contributed by atoms with Gasteiger partial charge in [0.1, 0.15) is 0 Å². The lowest BCUT2D eigenvalue weighted by Gasteiger charge is -2.05. The third-order valence-electron chi connectivity index (χ3n) is 2.41. The number of aromatic nitrogens is 2. The van der Waals surface area contributed by atoms with Crippen molar-refractivity contribution in [3.63, 3.8) is 0 Å². The molecule has 0 spiro atoms. The second-order valence-electron chi connectivity index (χ2n) is 3.55. The molecule has 1 heterocycles. The van der Waals surface area contributed by atoms with Crippen molar-refractivity contribution in [3.8, 4) is 5.69 Å². The lowest BCUT2D eigenvalue weighted by Crippen LogP contribution is -2.18. The van der Waals surface area contributed by atoms with E-state index in [9.17, 15) is 9.59 Å². The summed E-state index contributed by atoms with van der Waals surface area (Å²) >= 11 is 3.30. The van der Waals surface area contributed by atoms with Crippen LogP contribution in [0.3, 0.4) is 0 Å². The van der Waals surface area contributed by atoms with Gasteiger partial charge in [0.25, 0.3) is 5.91 Å². The van der Waals surface area contributed by atoms with Crippen LogP contribution in [0, 0.1) is 0 Å². The van der Waals surface area contributed by atoms with Gasteiger partial charge in [0.2, 0.25) is 0 Å². The van der Waals surface area contributed by atoms with Crippen LogP contribution in [0.1, 0.15) is 20.8 Å². The Morgan fingerprint density at radius 1 is 1.44 bits per heavy atom. The molecule has 0 aliphatic carbocycles. The molecule has 0 aliphatic heterocycles. The third kappa shape index (κ3) is 2.33. The molecule has 0 fully saturated rings. The number of nitrogens with zero attached hydrogens (tertiary/aromatic N) is 2. The highest BCUT2D eigenvalue weighted by molar-refractivity contribution is 9.10. The molecule has 0 radical (unpaired) electrons. The zero-order valence-electron chi connectivity index (χ0n) is 9.55. The monoisotopic (exact) mass is 307 g/mol. The van der Waals surface area contributed by atoms with Crippen LogP contribution in [-0.4, -0.2) is 29.0 Å². The van der Waals surface area contributed by atoms with E-state index in [0.29, 0.717) is 16.9 Å². The summed E-state index contributed by atoms with van der Waals surface area (Å²) in [6, 6.07) is 6.86. The number of halogens is 1. The fraction of sp³-hybridized carbons (Fsp3) is 0.0833. The summed E-state index contributed by atoms with van der Waals surface area (Å²) in [7, 11) is 1.54. The maximum absolute atomic E-state index is 11.4. The number of hydrogen-bond donors (Lipinski definition) is 1. The van der Waals surface area contributed by atoms with Crippen LogP contribution < -0.4 is 5.32 Å². The Morgan fingerprint density at radius 3 is 2.89 bits per heavy atom. The van der Waals surface area contributed by atoms with Gasteiger partial charge in [-0.05, 0) is 24.3 Å². The summed E-state index contributed by atoms with van der Waals surface area (Å²) in [5.41, 5.74) is 1.43. The van der Waals surface area contributed by atoms with Crippen LogP contribution in [0.25, 0.3) is 5.69 Å². The molecular formula is C12H10BrN3O2. The van der Waals surface area contributed by atoms with Gasteiger partial charge in [0, 0.05) is 23.3 Å². The molecule has 0 atom stereocenters. The summed E-state index contributed by atoms with van der Waals surface area (Å²) in [6.45, 7) is 0. The summed E-state index contributed by atoms with van der Waals surface area (Å²) < 4.78 is 2.31. The first kappa shape index (κ1) is 12.5. The number of aldehydes is 1. The fourth-order valence-corrected chi connectivity index (χ4v) is 1.91. The van der Waals surface area contributed by atoms with E-state index in [1.165, 1.54) is 11.7 Å². The van der Waals surface area contributed by atoms with Crippen molar-refractivity contribution in [1.29, 1.82) is 0 Å². The van der Waals surface area contributed by atoms with Crippen LogP contribution in [0.2, 0.25) is 0 Å². The average molecular weight is 308 g/mol. The van der Waals surface area contributed by atoms with Crippen molar-refractivity contribution >= 4 is 28.1 Å². The quantitative estimate of drug-likeness (QED) is 0.880. The van der Waals surface area contributed by atoms with E-state index in [-0.39, 0.29) is 5.91 Å². The summed E-state index contributed by atoms with van der Waals surface area (Å²) in [5, 5.41) is 6.61. The fourth-order valence-electron chi connectivity index (χ4n) is 1.54. The lowest BCUT2D eigenvalue weighted by atomic mass is 10.2. The second-order valence-corrected chi connectivity index (χ2v) is 4.46. The lowest BCUT2D eigenvalue weighted by molar-refractivity contribution is 0.0957. The van der Waals surface area contributed by atoms with Crippen molar-refractivity contribution in [3.05, 3.63) is 46.2 Å². The number of carbonyl (C=O) groups is 2. The first-order valence-corrected chi connectivity index (χ1v) is 5.98. The molecule has 0 saturated heterocycles. The molecule has 1 amide bonds. The maximum atomic E-state index is 11.4. The predicted octanol–water partition coefficient (Wildman–Crippen LogP) is 1.81. The van der Waals surface area contributed by atoms with Gasteiger partial charge < -0.3 is 5.32 Å². The Labute approximate surface area is 112 Å². The Kier molecular flexibility index (Phi) is 3.57. The van der Waals surface area contributed by atoms with Gasteiger partial charge in [-0.2, -0.15) is 5.10 Å². The van der Waals surface area contributed by atoms with E-state index in [2.05, 4.69) is 26.3 Å². The predicted molar refractivity (Wildman–Crippen MR) is 70.0 cm³/mol. The molecule has 1 aromatic carbocycles. The molecule has 2 rings (SSSR count). The van der Waals surface area contributed by atoms with E-state index in [1.54, 1.807) is 24.4 Å². The number of nitrogens with one attached hydrogen (secondary N) is 1. The minimum Gasteiger partial charge on any atom is -0.354 e. The van der Waals surface area contributed by atoms with Gasteiger partial charge in [-0.25, -0.2) is 4.68 Å². The van der Waals surface area contributed by atoms with Gasteiger partial charge in [0.05, 0.1) is 5.69 Å². The molecule has 0 unspecified atom stereocenters. The molecule has 6 heteroatoms. The van der Waals surface area contributed by atoms with Gasteiger partial charge in [0.15, 0.2) is 12.0 Å². The Hall–Kier alpha value is -1.95. The molecule has 1 N–H and O–H groups in total. The standard InChI is InChI=1S/C12H10BrN3O2/c1-14-12(18)10-4-5-16(15-10)11-3-2-9(13)6-8(11)7-17/h2-7H,1H3,(H,14,18). The Balaban J connectivity index is 2.46. The third-order valence-corrected chi connectivity index (χ3v) is 2.91. The minimum absolute atomic E-state index is 0.265. The van der Waals surface area contributed by atoms with E-state index in [1.807, 2.05) is 6.07 Å². The number of carbonyl (C=O) groups excluding carboxylic acids is 2. The molecule has 92 valence electrons. The van der Waals surface area contributed by atoms with Crippen molar-refractivity contribution in [2.75, 3.05) is 7.05 Å². The Morgan fingerprint density at radius 2 is 2.22 bits per heavy atom. The summed E-state index contributed by atoms with van der Waals surface area (Å²) in [6.07, 6.45) is 2.39. The zero-order chi connectivity index (χ0) is 13.1. The highest BCUT2D eigenvalue weighted by Crippen LogP contribution is 2.18. The van der Waals surface area contributed by atoms with E-state index >= 15 is 0 Å². The molecule has 0 saturated carbocycles. The Bertz CT molecular complexity index is 607. The molecular weight excluding hydrogens is 298 g/mol. The SMILES string of the molecule is CNC(=O)c1ccn(-c2ccc(Br)cc2C=O)n1. The zero-order valence-corrected chi connectivity index (χ0v) is 11.1. The largest absolute Gasteiger partial charge is 0.354 e. The minimum atomic E-state index is -0.265. The van der Waals surface area contributed by atoms with Crippen LogP contribution in [-0.2, 0) is 0 Å². The topological polar surface area (TPSA) is 64.0 Å². The molecule has 5 nitrogen and oxygen atoms in total. The molecule has 2 aromatic rings. The van der Waals surface area contributed by atoms with Crippen LogP contribution in [0.5, 0.6) is 0 Å². The van der Waals surface area contributed by atoms with Crippen molar-refractivity contribution in [2.24, 2.45) is 0 Å². The second kappa shape index (κ2) is 5.14. The van der Waals surface area contributed by atoms with E-state index < -0.39 is 0 Å². The number of rotatable bonds is 3. The maximum Gasteiger partial charge on any atom is 0.271 e. The van der Waals surface area contributed by atoms with Gasteiger partial charge in [-0.3, -0.25) is 9.59 Å². The van der Waals surface area contributed by atoms with Gasteiger partial charge >= 0.3 is 0 Å². The van der Waals surface area contributed by atoms with E-state index in [0.717, 1.165) is 10.8 Å². The number of benzene rings is 1. The summed E-state index contributed by atoms with van der Waals surface area (Å²) in [5.74, 6) is -0.265. The van der Waals surface area contributed by atoms with Gasteiger partial charge in [-0.1, -0.05) is 15.9 Å². The summed E-state index contributed by atoms with van der Waals surface area (Å²) in [4.78, 5) is 22.4. The van der Waals surface area contributed by atoms with Crippen LogP contribution >= 0.6 is 15.9 Å². The number of amides is 1. The smallest absolute Gasteiger partial charge is 0.271 e. The van der Waals surface area contributed by atoms with Crippen LogP contribution in [0.4, 0.5) is 0 Å². The number of hydrogen-bond acceptors (Lipinski definition) is 3. The molecule has 18 heavy (non-hydrogen) atoms. The van der Waals surface area contributed by atoms with Crippen molar-refractivity contribution < 1.29 is 9.59 Å². The van der Waals surface area contributed by atoms with Crippen molar-refractivity contribution in [2.45, 2.75) is 0 Å². The average Bonchev–Trinajstić information content (AvgIpc) is 2.87. The highest BCUT2D eigenvalue weighted by atomic mass is 79.9. The molecule has 1 aromatic heterocycles. The first-order chi connectivity index (χ1) is 8.65. The van der Waals surface area contributed by atoms with Crippen molar-refractivity contribution in [1.82, 2.24) is 15.1 Å². The van der Waals surface area contributed by atoms with Gasteiger partial charge in [-0.15, -0.1) is 0 Å². The molecule has 0 aliphatic rings. The van der Waals surface area contributed by atoms with E-state index in [4.69, 9.17) is 0 Å². The normalized spacial score (nSPS) is 10.1.